The molecule has 0 fully saturated rings. The topological polar surface area (TPSA) is 72.7 Å². The highest BCUT2D eigenvalue weighted by Crippen LogP contribution is 2.48. The van der Waals surface area contributed by atoms with Crippen molar-refractivity contribution in [3.63, 3.8) is 0 Å². The summed E-state index contributed by atoms with van der Waals surface area (Å²) in [5, 5.41) is 9.87. The minimum Gasteiger partial charge on any atom is -0.314 e. The molecule has 0 bridgehead atoms. The minimum atomic E-state index is -0.855. The van der Waals surface area contributed by atoms with Gasteiger partial charge in [-0.1, -0.05) is 35.5 Å². The van der Waals surface area contributed by atoms with Crippen LogP contribution in [0.3, 0.4) is 0 Å². The number of benzene rings is 2. The Morgan fingerprint density at radius 1 is 1.21 bits per heavy atom. The van der Waals surface area contributed by atoms with Crippen LogP contribution in [0.2, 0.25) is 5.02 Å². The Kier molecular flexibility index (Phi) is 4.92. The largest absolute Gasteiger partial charge is 0.314 e. The number of anilines is 2. The molecule has 2 aromatic rings. The average Bonchev–Trinajstić information content (AvgIpc) is 2.56. The third-order valence-electron chi connectivity index (χ3n) is 3.47. The van der Waals surface area contributed by atoms with Crippen LogP contribution >= 0.6 is 23.4 Å². The van der Waals surface area contributed by atoms with Crippen molar-refractivity contribution in [3.05, 3.63) is 57.6 Å². The van der Waals surface area contributed by atoms with E-state index in [0.717, 1.165) is 21.2 Å². The zero-order valence-corrected chi connectivity index (χ0v) is 14.0. The number of carbonyl (C=O) groups is 1. The van der Waals surface area contributed by atoms with E-state index in [0.29, 0.717) is 5.02 Å². The molecule has 2 aromatic carbocycles. The van der Waals surface area contributed by atoms with Crippen molar-refractivity contribution in [1.29, 1.82) is 0 Å². The molecule has 124 valence electrons. The molecular formula is C16H13ClN2O4S. The van der Waals surface area contributed by atoms with Crippen molar-refractivity contribution in [1.82, 2.24) is 0 Å². The number of para-hydroxylation sites is 1. The number of nitrogens with zero attached hydrogens (tertiary/aromatic N) is 2. The van der Waals surface area contributed by atoms with Crippen LogP contribution in [-0.4, -0.2) is 17.6 Å². The van der Waals surface area contributed by atoms with Gasteiger partial charge in [0.15, 0.2) is 0 Å². The van der Waals surface area contributed by atoms with Gasteiger partial charge in [-0.25, -0.2) is 0 Å². The summed E-state index contributed by atoms with van der Waals surface area (Å²) in [4.78, 5) is 30.7. The second kappa shape index (κ2) is 7.11. The van der Waals surface area contributed by atoms with Gasteiger partial charge in [0.25, 0.3) is 5.09 Å². The molecule has 24 heavy (non-hydrogen) atoms. The molecule has 0 unspecified atom stereocenters. The number of carbonyl (C=O) groups excluding carboxylic acids is 1. The Morgan fingerprint density at radius 3 is 2.75 bits per heavy atom. The second-order valence-electron chi connectivity index (χ2n) is 5.07. The van der Waals surface area contributed by atoms with Gasteiger partial charge in [-0.15, -0.1) is 10.1 Å². The van der Waals surface area contributed by atoms with Crippen LogP contribution in [0.4, 0.5) is 11.4 Å². The lowest BCUT2D eigenvalue weighted by atomic mass is 10.2. The van der Waals surface area contributed by atoms with Gasteiger partial charge in [0, 0.05) is 21.2 Å². The highest BCUT2D eigenvalue weighted by molar-refractivity contribution is 7.99. The Balaban J connectivity index is 1.87. The Hall–Kier alpha value is -2.25. The number of halogens is 1. The summed E-state index contributed by atoms with van der Waals surface area (Å²) in [5.74, 6) is -0.154. The number of rotatable bonds is 5. The van der Waals surface area contributed by atoms with Crippen molar-refractivity contribution in [3.8, 4) is 0 Å². The van der Waals surface area contributed by atoms with Gasteiger partial charge in [0.1, 0.15) is 0 Å². The van der Waals surface area contributed by atoms with Crippen LogP contribution in [0, 0.1) is 10.1 Å². The van der Waals surface area contributed by atoms with Gasteiger partial charge >= 0.3 is 0 Å². The summed E-state index contributed by atoms with van der Waals surface area (Å²) < 4.78 is 0. The SMILES string of the molecule is O=C(CCCO[N+](=O)[O-])N1c2ccccc2Sc2ccc(Cl)cc21. The van der Waals surface area contributed by atoms with Crippen LogP contribution < -0.4 is 4.90 Å². The smallest absolute Gasteiger partial charge is 0.294 e. The van der Waals surface area contributed by atoms with Gasteiger partial charge in [0.05, 0.1) is 18.0 Å². The summed E-state index contributed by atoms with van der Waals surface area (Å²) in [7, 11) is 0. The number of hydrogen-bond donors (Lipinski definition) is 0. The third kappa shape index (κ3) is 3.47. The molecule has 0 aromatic heterocycles. The fraction of sp³-hybridized carbons (Fsp3) is 0.188. The molecule has 0 saturated heterocycles. The molecule has 0 N–H and O–H groups in total. The normalized spacial score (nSPS) is 12.3. The van der Waals surface area contributed by atoms with Crippen molar-refractivity contribution in [2.45, 2.75) is 22.6 Å². The first-order valence-corrected chi connectivity index (χ1v) is 8.42. The summed E-state index contributed by atoms with van der Waals surface area (Å²) in [6.07, 6.45) is 0.403. The lowest BCUT2D eigenvalue weighted by Gasteiger charge is -2.31. The second-order valence-corrected chi connectivity index (χ2v) is 6.59. The van der Waals surface area contributed by atoms with E-state index in [2.05, 4.69) is 4.84 Å². The molecule has 3 rings (SSSR count). The fourth-order valence-electron chi connectivity index (χ4n) is 2.47. The van der Waals surface area contributed by atoms with Gasteiger partial charge in [-0.05, 0) is 36.8 Å². The van der Waals surface area contributed by atoms with Crippen LogP contribution in [0.5, 0.6) is 0 Å². The molecule has 1 amide bonds. The van der Waals surface area contributed by atoms with E-state index < -0.39 is 5.09 Å². The first-order valence-electron chi connectivity index (χ1n) is 7.23. The fourth-order valence-corrected chi connectivity index (χ4v) is 3.68. The number of fused-ring (bicyclic) bond motifs is 2. The van der Waals surface area contributed by atoms with E-state index in [1.54, 1.807) is 28.8 Å². The predicted molar refractivity (Wildman–Crippen MR) is 91.3 cm³/mol. The molecule has 1 heterocycles. The lowest BCUT2D eigenvalue weighted by molar-refractivity contribution is -0.757. The molecule has 0 spiro atoms. The van der Waals surface area contributed by atoms with E-state index in [1.807, 2.05) is 30.3 Å². The zero-order chi connectivity index (χ0) is 17.1. The summed E-state index contributed by atoms with van der Waals surface area (Å²) in [5.41, 5.74) is 1.52. The number of amides is 1. The van der Waals surface area contributed by atoms with E-state index in [1.165, 1.54) is 0 Å². The monoisotopic (exact) mass is 364 g/mol. The predicted octanol–water partition coefficient (Wildman–Crippen LogP) is 4.46. The molecule has 1 aliphatic heterocycles. The molecule has 6 nitrogen and oxygen atoms in total. The standard InChI is InChI=1S/C16H13ClN2O4S/c17-11-7-8-15-13(10-11)18(12-4-1-2-5-14(12)24-15)16(20)6-3-9-23-19(21)22/h1-2,4-5,7-8,10H,3,6,9H2. The molecule has 0 saturated carbocycles. The molecule has 0 atom stereocenters. The quantitative estimate of drug-likeness (QED) is 0.445. The lowest BCUT2D eigenvalue weighted by Crippen LogP contribution is -2.28. The van der Waals surface area contributed by atoms with Crippen molar-refractivity contribution in [2.24, 2.45) is 0 Å². The maximum Gasteiger partial charge on any atom is 0.294 e. The van der Waals surface area contributed by atoms with Crippen LogP contribution in [0.25, 0.3) is 0 Å². The molecule has 0 aliphatic carbocycles. The first-order chi connectivity index (χ1) is 11.6. The Morgan fingerprint density at radius 2 is 1.96 bits per heavy atom. The summed E-state index contributed by atoms with van der Waals surface area (Å²) in [6.45, 7) is -0.106. The molecular weight excluding hydrogens is 352 g/mol. The van der Waals surface area contributed by atoms with E-state index in [4.69, 9.17) is 11.6 Å². The highest BCUT2D eigenvalue weighted by Gasteiger charge is 2.27. The van der Waals surface area contributed by atoms with Crippen LogP contribution in [0.1, 0.15) is 12.8 Å². The van der Waals surface area contributed by atoms with Gasteiger partial charge < -0.3 is 4.84 Å². The highest BCUT2D eigenvalue weighted by atomic mass is 35.5. The van der Waals surface area contributed by atoms with Crippen molar-refractivity contribution in [2.75, 3.05) is 11.5 Å². The van der Waals surface area contributed by atoms with E-state index in [-0.39, 0.29) is 25.4 Å². The van der Waals surface area contributed by atoms with Gasteiger partial charge in [-0.2, -0.15) is 0 Å². The molecule has 8 heteroatoms. The van der Waals surface area contributed by atoms with Crippen LogP contribution in [0.15, 0.2) is 52.3 Å². The summed E-state index contributed by atoms with van der Waals surface area (Å²) >= 11 is 7.67. The Labute approximate surface area is 147 Å². The maximum absolute atomic E-state index is 12.7. The van der Waals surface area contributed by atoms with E-state index in [9.17, 15) is 14.9 Å². The first kappa shape index (κ1) is 16.6. The Bertz CT molecular complexity index is 799. The van der Waals surface area contributed by atoms with Crippen molar-refractivity contribution < 1.29 is 14.7 Å². The van der Waals surface area contributed by atoms with Crippen LogP contribution in [-0.2, 0) is 9.63 Å². The molecule has 0 radical (unpaired) electrons. The minimum absolute atomic E-state index is 0.106. The van der Waals surface area contributed by atoms with Crippen molar-refractivity contribution >= 4 is 40.6 Å². The number of hydrogen-bond acceptors (Lipinski definition) is 5. The van der Waals surface area contributed by atoms with E-state index >= 15 is 0 Å². The maximum atomic E-state index is 12.7. The molecule has 1 aliphatic rings. The zero-order valence-electron chi connectivity index (χ0n) is 12.5. The van der Waals surface area contributed by atoms with Gasteiger partial charge in [-0.3, -0.25) is 9.69 Å². The summed E-state index contributed by atoms with van der Waals surface area (Å²) in [6, 6.07) is 13.0. The third-order valence-corrected chi connectivity index (χ3v) is 4.83. The van der Waals surface area contributed by atoms with Gasteiger partial charge in [0.2, 0.25) is 5.91 Å². The average molecular weight is 365 g/mol.